The monoisotopic (exact) mass is 311 g/mol. The molecular formula is C19H21NO3. The second kappa shape index (κ2) is 6.32. The molecule has 1 amide bonds. The molecule has 0 bridgehead atoms. The van der Waals surface area contributed by atoms with Gasteiger partial charge in [0.05, 0.1) is 6.04 Å². The zero-order valence-corrected chi connectivity index (χ0v) is 13.6. The van der Waals surface area contributed by atoms with Crippen LogP contribution in [0.2, 0.25) is 0 Å². The van der Waals surface area contributed by atoms with Crippen molar-refractivity contribution in [3.63, 3.8) is 0 Å². The van der Waals surface area contributed by atoms with Crippen molar-refractivity contribution in [1.29, 1.82) is 0 Å². The lowest BCUT2D eigenvalue weighted by molar-refractivity contribution is -0.131. The van der Waals surface area contributed by atoms with E-state index < -0.39 is 6.10 Å². The van der Waals surface area contributed by atoms with Gasteiger partial charge in [-0.3, -0.25) is 4.79 Å². The Morgan fingerprint density at radius 1 is 1.17 bits per heavy atom. The lowest BCUT2D eigenvalue weighted by Crippen LogP contribution is -2.44. The molecule has 0 fully saturated rings. The molecule has 2 aromatic carbocycles. The third kappa shape index (κ3) is 3.31. The SMILES string of the molecule is Cc1ccc(C)c([C@H](C)NC(=O)[C@H]2COc3ccccc3O2)c1. The Hall–Kier alpha value is -2.49. The van der Waals surface area contributed by atoms with Crippen LogP contribution in [0.3, 0.4) is 0 Å². The van der Waals surface area contributed by atoms with Crippen molar-refractivity contribution in [3.05, 3.63) is 59.2 Å². The first-order valence-electron chi connectivity index (χ1n) is 7.80. The van der Waals surface area contributed by atoms with Crippen LogP contribution >= 0.6 is 0 Å². The number of hydrogen-bond donors (Lipinski definition) is 1. The van der Waals surface area contributed by atoms with Gasteiger partial charge in [0.2, 0.25) is 6.10 Å². The van der Waals surface area contributed by atoms with Crippen molar-refractivity contribution in [2.75, 3.05) is 6.61 Å². The highest BCUT2D eigenvalue weighted by Crippen LogP contribution is 2.31. The van der Waals surface area contributed by atoms with Crippen molar-refractivity contribution in [1.82, 2.24) is 5.32 Å². The van der Waals surface area contributed by atoms with Gasteiger partial charge in [-0.15, -0.1) is 0 Å². The molecule has 120 valence electrons. The van der Waals surface area contributed by atoms with Crippen LogP contribution in [0.1, 0.15) is 29.7 Å². The first kappa shape index (κ1) is 15.4. The Morgan fingerprint density at radius 3 is 2.70 bits per heavy atom. The van der Waals surface area contributed by atoms with Crippen LogP contribution in [0.5, 0.6) is 11.5 Å². The smallest absolute Gasteiger partial charge is 0.265 e. The second-order valence-corrected chi connectivity index (χ2v) is 5.95. The van der Waals surface area contributed by atoms with E-state index in [1.807, 2.05) is 45.0 Å². The molecular weight excluding hydrogens is 290 g/mol. The molecule has 23 heavy (non-hydrogen) atoms. The largest absolute Gasteiger partial charge is 0.485 e. The molecule has 1 aliphatic rings. The third-order valence-corrected chi connectivity index (χ3v) is 4.06. The number of fused-ring (bicyclic) bond motifs is 1. The molecule has 0 aromatic heterocycles. The number of amides is 1. The Kier molecular flexibility index (Phi) is 4.24. The van der Waals surface area contributed by atoms with Gasteiger partial charge in [0.1, 0.15) is 6.61 Å². The van der Waals surface area contributed by atoms with Crippen molar-refractivity contribution in [2.45, 2.75) is 32.9 Å². The number of carbonyl (C=O) groups excluding carboxylic acids is 1. The molecule has 0 spiro atoms. The number of nitrogens with one attached hydrogen (secondary N) is 1. The average Bonchev–Trinajstić information content (AvgIpc) is 2.56. The van der Waals surface area contributed by atoms with Crippen molar-refractivity contribution in [3.8, 4) is 11.5 Å². The molecule has 1 heterocycles. The van der Waals surface area contributed by atoms with Crippen LogP contribution in [-0.2, 0) is 4.79 Å². The van der Waals surface area contributed by atoms with E-state index in [9.17, 15) is 4.79 Å². The Labute approximate surface area is 136 Å². The van der Waals surface area contributed by atoms with Gasteiger partial charge in [0, 0.05) is 0 Å². The third-order valence-electron chi connectivity index (χ3n) is 4.06. The zero-order chi connectivity index (χ0) is 16.4. The Balaban J connectivity index is 1.69. The van der Waals surface area contributed by atoms with E-state index in [1.165, 1.54) is 5.56 Å². The van der Waals surface area contributed by atoms with Crippen LogP contribution in [-0.4, -0.2) is 18.6 Å². The number of hydrogen-bond acceptors (Lipinski definition) is 3. The average molecular weight is 311 g/mol. The predicted octanol–water partition coefficient (Wildman–Crippen LogP) is 3.32. The first-order valence-corrected chi connectivity index (χ1v) is 7.80. The summed E-state index contributed by atoms with van der Waals surface area (Å²) in [5, 5.41) is 3.02. The van der Waals surface area contributed by atoms with Crippen LogP contribution in [0.15, 0.2) is 42.5 Å². The fourth-order valence-electron chi connectivity index (χ4n) is 2.76. The molecule has 2 atom stereocenters. The summed E-state index contributed by atoms with van der Waals surface area (Å²) in [5.41, 5.74) is 3.46. The Morgan fingerprint density at radius 2 is 1.91 bits per heavy atom. The zero-order valence-electron chi connectivity index (χ0n) is 13.6. The number of ether oxygens (including phenoxy) is 2. The van der Waals surface area contributed by atoms with Crippen LogP contribution in [0, 0.1) is 13.8 Å². The minimum atomic E-state index is -0.627. The maximum absolute atomic E-state index is 12.5. The molecule has 4 nitrogen and oxygen atoms in total. The second-order valence-electron chi connectivity index (χ2n) is 5.95. The summed E-state index contributed by atoms with van der Waals surface area (Å²) >= 11 is 0. The van der Waals surface area contributed by atoms with E-state index in [2.05, 4.69) is 23.5 Å². The fourth-order valence-corrected chi connectivity index (χ4v) is 2.76. The minimum absolute atomic E-state index is 0.0804. The van der Waals surface area contributed by atoms with Crippen LogP contribution < -0.4 is 14.8 Å². The van der Waals surface area contributed by atoms with Crippen molar-refractivity contribution in [2.24, 2.45) is 0 Å². The number of benzene rings is 2. The summed E-state index contributed by atoms with van der Waals surface area (Å²) < 4.78 is 11.3. The molecule has 0 aliphatic carbocycles. The van der Waals surface area contributed by atoms with E-state index in [4.69, 9.17) is 9.47 Å². The standard InChI is InChI=1S/C19H21NO3/c1-12-8-9-13(2)15(10-12)14(3)20-19(21)18-11-22-16-6-4-5-7-17(16)23-18/h4-10,14,18H,11H2,1-3H3,(H,20,21)/t14-,18+/m0/s1. The predicted molar refractivity (Wildman–Crippen MR) is 88.8 cm³/mol. The summed E-state index contributed by atoms with van der Waals surface area (Å²) in [6, 6.07) is 13.6. The highest BCUT2D eigenvalue weighted by atomic mass is 16.6. The number of rotatable bonds is 3. The summed E-state index contributed by atoms with van der Waals surface area (Å²) in [7, 11) is 0. The van der Waals surface area contributed by atoms with Gasteiger partial charge in [0.25, 0.3) is 5.91 Å². The molecule has 0 saturated carbocycles. The van der Waals surface area contributed by atoms with E-state index in [-0.39, 0.29) is 18.6 Å². The topological polar surface area (TPSA) is 47.6 Å². The van der Waals surface area contributed by atoms with Crippen LogP contribution in [0.4, 0.5) is 0 Å². The fraction of sp³-hybridized carbons (Fsp3) is 0.316. The van der Waals surface area contributed by atoms with Gasteiger partial charge in [-0.05, 0) is 44.0 Å². The lowest BCUT2D eigenvalue weighted by Gasteiger charge is -2.27. The molecule has 0 saturated heterocycles. The number of para-hydroxylation sites is 2. The molecule has 3 rings (SSSR count). The van der Waals surface area contributed by atoms with Gasteiger partial charge in [-0.1, -0.05) is 35.9 Å². The van der Waals surface area contributed by atoms with Crippen LogP contribution in [0.25, 0.3) is 0 Å². The van der Waals surface area contributed by atoms with Gasteiger partial charge in [0.15, 0.2) is 11.5 Å². The number of aryl methyl sites for hydroxylation is 2. The van der Waals surface area contributed by atoms with Gasteiger partial charge in [-0.25, -0.2) is 0 Å². The first-order chi connectivity index (χ1) is 11.0. The Bertz CT molecular complexity index is 726. The molecule has 0 radical (unpaired) electrons. The number of carbonyl (C=O) groups is 1. The van der Waals surface area contributed by atoms with Crippen molar-refractivity contribution >= 4 is 5.91 Å². The van der Waals surface area contributed by atoms with Gasteiger partial charge >= 0.3 is 0 Å². The van der Waals surface area contributed by atoms with Gasteiger partial charge in [-0.2, -0.15) is 0 Å². The highest BCUT2D eigenvalue weighted by Gasteiger charge is 2.28. The van der Waals surface area contributed by atoms with E-state index in [0.717, 1.165) is 11.1 Å². The van der Waals surface area contributed by atoms with Gasteiger partial charge < -0.3 is 14.8 Å². The van der Waals surface area contributed by atoms with E-state index >= 15 is 0 Å². The van der Waals surface area contributed by atoms with E-state index in [0.29, 0.717) is 11.5 Å². The van der Waals surface area contributed by atoms with E-state index in [1.54, 1.807) is 0 Å². The van der Waals surface area contributed by atoms with Crippen molar-refractivity contribution < 1.29 is 14.3 Å². The summed E-state index contributed by atoms with van der Waals surface area (Å²) in [6.45, 7) is 6.31. The summed E-state index contributed by atoms with van der Waals surface area (Å²) in [5.74, 6) is 1.13. The normalized spacial score (nSPS) is 17.4. The quantitative estimate of drug-likeness (QED) is 0.946. The molecule has 4 heteroatoms. The molecule has 1 aliphatic heterocycles. The summed E-state index contributed by atoms with van der Waals surface area (Å²) in [6.07, 6.45) is -0.627. The maximum Gasteiger partial charge on any atom is 0.265 e. The molecule has 1 N–H and O–H groups in total. The maximum atomic E-state index is 12.5. The lowest BCUT2D eigenvalue weighted by atomic mass is 10.00. The molecule has 2 aromatic rings. The summed E-state index contributed by atoms with van der Waals surface area (Å²) in [4.78, 5) is 12.5. The highest BCUT2D eigenvalue weighted by molar-refractivity contribution is 5.82. The molecule has 0 unspecified atom stereocenters. The minimum Gasteiger partial charge on any atom is -0.485 e.